The molecule has 2 rings (SSSR count). The lowest BCUT2D eigenvalue weighted by Gasteiger charge is -2.34. The van der Waals surface area contributed by atoms with E-state index in [-0.39, 0.29) is 18.2 Å². The van der Waals surface area contributed by atoms with Gasteiger partial charge < -0.3 is 20.5 Å². The molecule has 18 heavy (non-hydrogen) atoms. The number of nitrogens with one attached hydrogen (secondary N) is 1. The SMILES string of the molecule is NC(=O)C1CNCCN1CCOC1CCCCO1. The van der Waals surface area contributed by atoms with Gasteiger partial charge in [0.05, 0.1) is 6.61 Å². The number of piperazine rings is 1. The van der Waals surface area contributed by atoms with Gasteiger partial charge in [0.1, 0.15) is 6.04 Å². The Labute approximate surface area is 108 Å². The molecule has 0 spiro atoms. The van der Waals surface area contributed by atoms with Crippen LogP contribution >= 0.6 is 0 Å². The van der Waals surface area contributed by atoms with Gasteiger partial charge >= 0.3 is 0 Å². The number of hydrogen-bond donors (Lipinski definition) is 2. The molecule has 2 unspecified atom stereocenters. The van der Waals surface area contributed by atoms with Crippen molar-refractivity contribution in [3.8, 4) is 0 Å². The molecule has 0 aromatic carbocycles. The summed E-state index contributed by atoms with van der Waals surface area (Å²) in [7, 11) is 0. The van der Waals surface area contributed by atoms with Crippen molar-refractivity contribution in [1.82, 2.24) is 10.2 Å². The Morgan fingerprint density at radius 1 is 1.50 bits per heavy atom. The van der Waals surface area contributed by atoms with Crippen LogP contribution in [0.15, 0.2) is 0 Å². The van der Waals surface area contributed by atoms with Crippen LogP contribution in [0.5, 0.6) is 0 Å². The van der Waals surface area contributed by atoms with Gasteiger partial charge in [0, 0.05) is 32.8 Å². The minimum Gasteiger partial charge on any atom is -0.368 e. The maximum absolute atomic E-state index is 11.3. The van der Waals surface area contributed by atoms with E-state index in [1.807, 2.05) is 0 Å². The van der Waals surface area contributed by atoms with Gasteiger partial charge in [-0.15, -0.1) is 0 Å². The highest BCUT2D eigenvalue weighted by Crippen LogP contribution is 2.13. The quantitative estimate of drug-likeness (QED) is 0.680. The third-order valence-electron chi connectivity index (χ3n) is 3.50. The van der Waals surface area contributed by atoms with E-state index in [4.69, 9.17) is 15.2 Å². The lowest BCUT2D eigenvalue weighted by Crippen LogP contribution is -2.57. The van der Waals surface area contributed by atoms with Crippen LogP contribution in [0.2, 0.25) is 0 Å². The number of amides is 1. The minimum atomic E-state index is -0.267. The molecule has 2 fully saturated rings. The fourth-order valence-electron chi connectivity index (χ4n) is 2.44. The van der Waals surface area contributed by atoms with Crippen molar-refractivity contribution in [1.29, 1.82) is 0 Å². The summed E-state index contributed by atoms with van der Waals surface area (Å²) >= 11 is 0. The van der Waals surface area contributed by atoms with E-state index < -0.39 is 0 Å². The van der Waals surface area contributed by atoms with Crippen LogP contribution in [0.1, 0.15) is 19.3 Å². The molecule has 2 saturated heterocycles. The van der Waals surface area contributed by atoms with E-state index >= 15 is 0 Å². The molecule has 104 valence electrons. The van der Waals surface area contributed by atoms with E-state index in [1.165, 1.54) is 6.42 Å². The molecule has 0 radical (unpaired) electrons. The lowest BCUT2D eigenvalue weighted by atomic mass is 10.2. The first-order valence-corrected chi connectivity index (χ1v) is 6.74. The molecule has 0 aromatic heterocycles. The van der Waals surface area contributed by atoms with Crippen molar-refractivity contribution >= 4 is 5.91 Å². The fraction of sp³-hybridized carbons (Fsp3) is 0.917. The highest BCUT2D eigenvalue weighted by atomic mass is 16.7. The second kappa shape index (κ2) is 7.04. The molecule has 0 saturated carbocycles. The molecule has 1 amide bonds. The van der Waals surface area contributed by atoms with Crippen molar-refractivity contribution in [2.75, 3.05) is 39.4 Å². The first-order valence-electron chi connectivity index (χ1n) is 6.74. The second-order valence-corrected chi connectivity index (χ2v) is 4.83. The first kappa shape index (κ1) is 13.7. The summed E-state index contributed by atoms with van der Waals surface area (Å²) in [5, 5.41) is 3.18. The Balaban J connectivity index is 1.69. The Morgan fingerprint density at radius 2 is 2.39 bits per heavy atom. The third-order valence-corrected chi connectivity index (χ3v) is 3.50. The zero-order chi connectivity index (χ0) is 12.8. The average molecular weight is 257 g/mol. The van der Waals surface area contributed by atoms with Crippen LogP contribution in [0.25, 0.3) is 0 Å². The van der Waals surface area contributed by atoms with Crippen LogP contribution in [-0.4, -0.2) is 62.5 Å². The van der Waals surface area contributed by atoms with Crippen LogP contribution in [0.3, 0.4) is 0 Å². The lowest BCUT2D eigenvalue weighted by molar-refractivity contribution is -0.165. The number of hydrogen-bond acceptors (Lipinski definition) is 5. The molecule has 6 heteroatoms. The molecular formula is C12H23N3O3. The van der Waals surface area contributed by atoms with Crippen molar-refractivity contribution in [2.24, 2.45) is 5.73 Å². The summed E-state index contributed by atoms with van der Waals surface area (Å²) in [5.74, 6) is -0.267. The molecule has 2 atom stereocenters. The van der Waals surface area contributed by atoms with E-state index in [9.17, 15) is 4.79 Å². The highest BCUT2D eigenvalue weighted by molar-refractivity contribution is 5.80. The van der Waals surface area contributed by atoms with Crippen LogP contribution in [0.4, 0.5) is 0 Å². The number of nitrogens with two attached hydrogens (primary N) is 1. The number of ether oxygens (including phenoxy) is 2. The standard InChI is InChI=1S/C12H23N3O3/c13-12(16)10-9-14-4-5-15(10)6-8-18-11-3-1-2-7-17-11/h10-11,14H,1-9H2,(H2,13,16). The summed E-state index contributed by atoms with van der Waals surface area (Å²) in [6.45, 7) is 4.48. The third kappa shape index (κ3) is 3.91. The second-order valence-electron chi connectivity index (χ2n) is 4.83. The van der Waals surface area contributed by atoms with E-state index in [1.54, 1.807) is 0 Å². The van der Waals surface area contributed by atoms with E-state index in [2.05, 4.69) is 10.2 Å². The van der Waals surface area contributed by atoms with Gasteiger partial charge in [-0.2, -0.15) is 0 Å². The smallest absolute Gasteiger partial charge is 0.236 e. The molecule has 2 aliphatic heterocycles. The van der Waals surface area contributed by atoms with E-state index in [0.717, 1.165) is 39.1 Å². The van der Waals surface area contributed by atoms with Gasteiger partial charge in [-0.1, -0.05) is 0 Å². The number of primary amides is 1. The maximum Gasteiger partial charge on any atom is 0.236 e. The van der Waals surface area contributed by atoms with Gasteiger partial charge in [-0.3, -0.25) is 9.69 Å². The first-order chi connectivity index (χ1) is 8.77. The summed E-state index contributed by atoms with van der Waals surface area (Å²) in [4.78, 5) is 13.4. The Morgan fingerprint density at radius 3 is 3.11 bits per heavy atom. The largest absolute Gasteiger partial charge is 0.368 e. The van der Waals surface area contributed by atoms with Crippen molar-refractivity contribution in [3.05, 3.63) is 0 Å². The molecule has 0 aromatic rings. The molecule has 2 aliphatic rings. The summed E-state index contributed by atoms with van der Waals surface area (Å²) < 4.78 is 11.2. The van der Waals surface area contributed by atoms with Gasteiger partial charge in [0.25, 0.3) is 0 Å². The molecule has 0 aliphatic carbocycles. The molecule has 0 bridgehead atoms. The Kier molecular flexibility index (Phi) is 5.37. The number of rotatable bonds is 5. The normalized spacial score (nSPS) is 30.2. The van der Waals surface area contributed by atoms with Gasteiger partial charge in [-0.05, 0) is 19.3 Å². The van der Waals surface area contributed by atoms with Crippen molar-refractivity contribution in [2.45, 2.75) is 31.6 Å². The Bertz CT molecular complexity index is 269. The van der Waals surface area contributed by atoms with Crippen LogP contribution < -0.4 is 11.1 Å². The monoisotopic (exact) mass is 257 g/mol. The maximum atomic E-state index is 11.3. The predicted octanol–water partition coefficient (Wildman–Crippen LogP) is -0.711. The zero-order valence-corrected chi connectivity index (χ0v) is 10.8. The summed E-state index contributed by atoms with van der Waals surface area (Å²) in [6, 6.07) is -0.213. The van der Waals surface area contributed by atoms with Crippen molar-refractivity contribution in [3.63, 3.8) is 0 Å². The number of carbonyl (C=O) groups is 1. The molecule has 3 N–H and O–H groups in total. The highest BCUT2D eigenvalue weighted by Gasteiger charge is 2.26. The fourth-order valence-corrected chi connectivity index (χ4v) is 2.44. The van der Waals surface area contributed by atoms with E-state index in [0.29, 0.717) is 13.2 Å². The van der Waals surface area contributed by atoms with Crippen molar-refractivity contribution < 1.29 is 14.3 Å². The molecule has 2 heterocycles. The average Bonchev–Trinajstić information content (AvgIpc) is 2.40. The van der Waals surface area contributed by atoms with Crippen LogP contribution in [-0.2, 0) is 14.3 Å². The topological polar surface area (TPSA) is 76.8 Å². The van der Waals surface area contributed by atoms with Crippen LogP contribution in [0, 0.1) is 0 Å². The van der Waals surface area contributed by atoms with Gasteiger partial charge in [0.2, 0.25) is 5.91 Å². The Hall–Kier alpha value is -0.690. The molecular weight excluding hydrogens is 234 g/mol. The number of carbonyl (C=O) groups excluding carboxylic acids is 1. The van der Waals surface area contributed by atoms with Gasteiger partial charge in [-0.25, -0.2) is 0 Å². The predicted molar refractivity (Wildman–Crippen MR) is 67.0 cm³/mol. The summed E-state index contributed by atoms with van der Waals surface area (Å²) in [6.07, 6.45) is 3.21. The molecule has 6 nitrogen and oxygen atoms in total. The summed E-state index contributed by atoms with van der Waals surface area (Å²) in [5.41, 5.74) is 5.39. The number of nitrogens with zero attached hydrogens (tertiary/aromatic N) is 1. The zero-order valence-electron chi connectivity index (χ0n) is 10.8. The minimum absolute atomic E-state index is 0.0614. The van der Waals surface area contributed by atoms with Gasteiger partial charge in [0.15, 0.2) is 6.29 Å².